The Morgan fingerprint density at radius 1 is 1.05 bits per heavy atom. The summed E-state index contributed by atoms with van der Waals surface area (Å²) >= 11 is 0. The van der Waals surface area contributed by atoms with Crippen molar-refractivity contribution in [3.05, 3.63) is 54.3 Å². The van der Waals surface area contributed by atoms with E-state index in [1.807, 2.05) is 70.2 Å². The first-order valence-electron chi connectivity index (χ1n) is 6.89. The molecular formula is C17H23NO2. The number of hydrogen-bond donors (Lipinski definition) is 0. The summed E-state index contributed by atoms with van der Waals surface area (Å²) in [5.74, 6) is 0. The Balaban J connectivity index is 2.48. The van der Waals surface area contributed by atoms with E-state index in [0.29, 0.717) is 0 Å². The summed E-state index contributed by atoms with van der Waals surface area (Å²) in [6, 6.07) is 10.2. The number of carbonyl (C=O) groups excluding carboxylic acids is 1. The summed E-state index contributed by atoms with van der Waals surface area (Å²) in [5.41, 5.74) is 1.11. The normalized spacial score (nSPS) is 11.7. The highest BCUT2D eigenvalue weighted by Crippen LogP contribution is 2.07. The Labute approximate surface area is 121 Å². The second-order valence-electron chi connectivity index (χ2n) is 5.08. The molecule has 0 aromatic heterocycles. The van der Waals surface area contributed by atoms with Gasteiger partial charge in [-0.3, -0.25) is 0 Å². The number of benzene rings is 1. The van der Waals surface area contributed by atoms with Crippen molar-refractivity contribution in [2.45, 2.75) is 39.8 Å². The molecule has 0 unspecified atom stereocenters. The predicted octanol–water partition coefficient (Wildman–Crippen LogP) is 4.47. The van der Waals surface area contributed by atoms with Crippen LogP contribution in [-0.2, 0) is 4.74 Å². The van der Waals surface area contributed by atoms with Gasteiger partial charge >= 0.3 is 6.09 Å². The molecule has 0 fully saturated rings. The molecule has 1 amide bonds. The summed E-state index contributed by atoms with van der Waals surface area (Å²) in [7, 11) is 0. The van der Waals surface area contributed by atoms with Gasteiger partial charge in [0.15, 0.2) is 0 Å². The van der Waals surface area contributed by atoms with Crippen molar-refractivity contribution in [3.63, 3.8) is 0 Å². The van der Waals surface area contributed by atoms with Gasteiger partial charge in [-0.05, 0) is 39.3 Å². The number of ether oxygens (including phenoxy) is 1. The molecule has 1 aromatic rings. The molecule has 0 spiro atoms. The van der Waals surface area contributed by atoms with Gasteiger partial charge in [0.05, 0.1) is 6.26 Å². The fourth-order valence-electron chi connectivity index (χ4n) is 1.95. The highest BCUT2D eigenvalue weighted by atomic mass is 16.5. The average Bonchev–Trinajstić information content (AvgIpc) is 2.38. The summed E-state index contributed by atoms with van der Waals surface area (Å²) in [6.07, 6.45) is 6.60. The van der Waals surface area contributed by atoms with Crippen LogP contribution in [0.25, 0.3) is 6.08 Å². The van der Waals surface area contributed by atoms with E-state index in [1.54, 1.807) is 11.0 Å². The fraction of sp³-hybridized carbons (Fsp3) is 0.353. The molecule has 0 atom stereocenters. The maximum absolute atomic E-state index is 11.9. The van der Waals surface area contributed by atoms with Crippen molar-refractivity contribution in [2.75, 3.05) is 0 Å². The van der Waals surface area contributed by atoms with Crippen LogP contribution in [0.2, 0.25) is 0 Å². The largest absolute Gasteiger partial charge is 0.418 e. The lowest BCUT2D eigenvalue weighted by Crippen LogP contribution is -2.41. The van der Waals surface area contributed by atoms with Gasteiger partial charge in [0.2, 0.25) is 0 Å². The molecule has 3 heteroatoms. The molecule has 1 aromatic carbocycles. The van der Waals surface area contributed by atoms with Crippen LogP contribution < -0.4 is 0 Å². The van der Waals surface area contributed by atoms with Crippen LogP contribution >= 0.6 is 0 Å². The van der Waals surface area contributed by atoms with Gasteiger partial charge in [-0.2, -0.15) is 0 Å². The Bertz CT molecular complexity index is 453. The van der Waals surface area contributed by atoms with E-state index in [2.05, 4.69) is 0 Å². The van der Waals surface area contributed by atoms with Gasteiger partial charge in [-0.15, -0.1) is 0 Å². The monoisotopic (exact) mass is 273 g/mol. The second kappa shape index (κ2) is 8.20. The lowest BCUT2D eigenvalue weighted by atomic mass is 10.2. The molecule has 3 nitrogen and oxygen atoms in total. The van der Waals surface area contributed by atoms with Crippen molar-refractivity contribution >= 4 is 12.2 Å². The molecule has 0 bridgehead atoms. The minimum atomic E-state index is -0.320. The lowest BCUT2D eigenvalue weighted by molar-refractivity contribution is 0.109. The third-order valence-electron chi connectivity index (χ3n) is 2.77. The van der Waals surface area contributed by atoms with Crippen molar-refractivity contribution in [2.24, 2.45) is 0 Å². The number of rotatable bonds is 5. The van der Waals surface area contributed by atoms with Crippen LogP contribution in [-0.4, -0.2) is 23.1 Å². The summed E-state index contributed by atoms with van der Waals surface area (Å²) in [6.45, 7) is 7.89. The van der Waals surface area contributed by atoms with E-state index in [4.69, 9.17) is 4.74 Å². The molecular weight excluding hydrogens is 250 g/mol. The lowest BCUT2D eigenvalue weighted by Gasteiger charge is -2.28. The zero-order valence-electron chi connectivity index (χ0n) is 12.6. The van der Waals surface area contributed by atoms with Crippen molar-refractivity contribution in [1.82, 2.24) is 4.90 Å². The van der Waals surface area contributed by atoms with Crippen molar-refractivity contribution in [3.8, 4) is 0 Å². The maximum atomic E-state index is 11.9. The zero-order chi connectivity index (χ0) is 15.0. The van der Waals surface area contributed by atoms with Crippen LogP contribution in [0.3, 0.4) is 0 Å². The molecule has 0 aliphatic heterocycles. The first kappa shape index (κ1) is 16.0. The molecule has 0 radical (unpaired) electrons. The van der Waals surface area contributed by atoms with Gasteiger partial charge in [-0.1, -0.05) is 42.5 Å². The van der Waals surface area contributed by atoms with Crippen molar-refractivity contribution in [1.29, 1.82) is 0 Å². The smallest absolute Gasteiger partial charge is 0.415 e. The van der Waals surface area contributed by atoms with E-state index in [-0.39, 0.29) is 18.2 Å². The number of hydrogen-bond acceptors (Lipinski definition) is 2. The summed E-state index contributed by atoms with van der Waals surface area (Å²) in [4.78, 5) is 13.6. The number of allylic oxidation sites excluding steroid dienone is 2. The van der Waals surface area contributed by atoms with E-state index in [0.717, 1.165) is 5.56 Å². The average molecular weight is 273 g/mol. The topological polar surface area (TPSA) is 29.5 Å². The van der Waals surface area contributed by atoms with Crippen LogP contribution in [0.5, 0.6) is 0 Å². The van der Waals surface area contributed by atoms with Crippen LogP contribution in [0.4, 0.5) is 4.79 Å². The second-order valence-corrected chi connectivity index (χ2v) is 5.08. The van der Waals surface area contributed by atoms with Gasteiger partial charge in [0, 0.05) is 12.1 Å². The predicted molar refractivity (Wildman–Crippen MR) is 83.2 cm³/mol. The van der Waals surface area contributed by atoms with Gasteiger partial charge in [0.25, 0.3) is 0 Å². The van der Waals surface area contributed by atoms with Gasteiger partial charge in [0.1, 0.15) is 0 Å². The number of nitrogens with zero attached hydrogens (tertiary/aromatic N) is 1. The fourth-order valence-corrected chi connectivity index (χ4v) is 1.95. The Hall–Kier alpha value is -2.03. The molecule has 0 saturated heterocycles. The molecule has 1 rings (SSSR count). The van der Waals surface area contributed by atoms with Crippen LogP contribution in [0.15, 0.2) is 48.7 Å². The quantitative estimate of drug-likeness (QED) is 0.585. The third-order valence-corrected chi connectivity index (χ3v) is 2.77. The minimum absolute atomic E-state index is 0.121. The third kappa shape index (κ3) is 5.31. The summed E-state index contributed by atoms with van der Waals surface area (Å²) in [5, 5.41) is 0. The first-order valence-corrected chi connectivity index (χ1v) is 6.89. The van der Waals surface area contributed by atoms with Crippen molar-refractivity contribution < 1.29 is 9.53 Å². The highest BCUT2D eigenvalue weighted by Gasteiger charge is 2.20. The minimum Gasteiger partial charge on any atom is -0.418 e. The Kier molecular flexibility index (Phi) is 6.57. The zero-order valence-corrected chi connectivity index (χ0v) is 12.6. The molecule has 0 saturated carbocycles. The van der Waals surface area contributed by atoms with E-state index < -0.39 is 0 Å². The SMILES string of the molecule is CC(C)N(C(=O)O/C=C/C=C/c1ccccc1)C(C)C. The molecule has 20 heavy (non-hydrogen) atoms. The van der Waals surface area contributed by atoms with E-state index in [9.17, 15) is 4.79 Å². The van der Waals surface area contributed by atoms with Crippen LogP contribution in [0, 0.1) is 0 Å². The molecule has 0 N–H and O–H groups in total. The van der Waals surface area contributed by atoms with E-state index >= 15 is 0 Å². The van der Waals surface area contributed by atoms with E-state index in [1.165, 1.54) is 6.26 Å². The van der Waals surface area contributed by atoms with Gasteiger partial charge < -0.3 is 9.64 Å². The number of amides is 1. The highest BCUT2D eigenvalue weighted by molar-refractivity contribution is 5.69. The molecule has 0 aliphatic rings. The first-order chi connectivity index (χ1) is 9.52. The molecule has 0 heterocycles. The summed E-state index contributed by atoms with van der Waals surface area (Å²) < 4.78 is 5.12. The number of carbonyl (C=O) groups is 1. The maximum Gasteiger partial charge on any atom is 0.415 e. The Morgan fingerprint density at radius 3 is 2.20 bits per heavy atom. The standard InChI is InChI=1S/C17H23NO2/c1-14(2)18(15(3)4)17(19)20-13-9-8-12-16-10-6-5-7-11-16/h5-15H,1-4H3/b12-8+,13-9+. The molecule has 0 aliphatic carbocycles. The Morgan fingerprint density at radius 2 is 1.65 bits per heavy atom. The van der Waals surface area contributed by atoms with Gasteiger partial charge in [-0.25, -0.2) is 4.79 Å². The molecule has 108 valence electrons. The van der Waals surface area contributed by atoms with Crippen LogP contribution in [0.1, 0.15) is 33.3 Å².